The fraction of sp³-hybridized carbons (Fsp3) is 0.692. The van der Waals surface area contributed by atoms with Gasteiger partial charge in [-0.15, -0.1) is 0 Å². The molecule has 1 unspecified atom stereocenters. The zero-order valence-electron chi connectivity index (χ0n) is 9.54. The van der Waals surface area contributed by atoms with Crippen LogP contribution in [0.5, 0.6) is 0 Å². The van der Waals surface area contributed by atoms with E-state index in [2.05, 4.69) is 6.92 Å². The lowest BCUT2D eigenvalue weighted by atomic mass is 9.74. The van der Waals surface area contributed by atoms with Gasteiger partial charge in [0.15, 0.2) is 0 Å². The lowest BCUT2D eigenvalue weighted by molar-refractivity contribution is 0.218. The molecule has 0 saturated heterocycles. The Kier molecular flexibility index (Phi) is 3.15. The Bertz CT molecular complexity index is 285. The van der Waals surface area contributed by atoms with Crippen LogP contribution in [0.25, 0.3) is 0 Å². The second kappa shape index (κ2) is 4.40. The number of nitrogens with two attached hydrogens (primary N) is 1. The molecule has 1 aliphatic rings. The summed E-state index contributed by atoms with van der Waals surface area (Å²) in [4.78, 5) is 0. The fourth-order valence-electron chi connectivity index (χ4n) is 2.94. The van der Waals surface area contributed by atoms with E-state index in [9.17, 15) is 0 Å². The van der Waals surface area contributed by atoms with Crippen LogP contribution in [0.2, 0.25) is 0 Å². The summed E-state index contributed by atoms with van der Waals surface area (Å²) in [6.07, 6.45) is 11.1. The SMILES string of the molecule is CCC1(C(N)Cc2ccoc2)CCCC1. The lowest BCUT2D eigenvalue weighted by Crippen LogP contribution is -2.41. The molecular weight excluding hydrogens is 186 g/mol. The molecule has 2 rings (SSSR count). The van der Waals surface area contributed by atoms with Crippen molar-refractivity contribution in [2.75, 3.05) is 0 Å². The smallest absolute Gasteiger partial charge is 0.0935 e. The Morgan fingerprint density at radius 2 is 2.20 bits per heavy atom. The van der Waals surface area contributed by atoms with Crippen LogP contribution in [0.15, 0.2) is 23.0 Å². The largest absolute Gasteiger partial charge is 0.472 e. The van der Waals surface area contributed by atoms with Crippen molar-refractivity contribution < 1.29 is 4.42 Å². The fourth-order valence-corrected chi connectivity index (χ4v) is 2.94. The molecule has 2 nitrogen and oxygen atoms in total. The van der Waals surface area contributed by atoms with E-state index in [0.717, 1.165) is 6.42 Å². The highest BCUT2D eigenvalue weighted by Gasteiger charge is 2.37. The second-order valence-electron chi connectivity index (χ2n) is 4.87. The van der Waals surface area contributed by atoms with Gasteiger partial charge in [-0.25, -0.2) is 0 Å². The highest BCUT2D eigenvalue weighted by molar-refractivity contribution is 5.09. The van der Waals surface area contributed by atoms with Crippen molar-refractivity contribution in [2.45, 2.75) is 51.5 Å². The zero-order valence-corrected chi connectivity index (χ0v) is 9.54. The summed E-state index contributed by atoms with van der Waals surface area (Å²) < 4.78 is 5.09. The van der Waals surface area contributed by atoms with Crippen molar-refractivity contribution in [3.8, 4) is 0 Å². The third-order valence-electron chi connectivity index (χ3n) is 4.13. The Morgan fingerprint density at radius 3 is 2.73 bits per heavy atom. The van der Waals surface area contributed by atoms with Crippen molar-refractivity contribution in [1.29, 1.82) is 0 Å². The summed E-state index contributed by atoms with van der Waals surface area (Å²) >= 11 is 0. The molecule has 0 spiro atoms. The maximum Gasteiger partial charge on any atom is 0.0935 e. The molecule has 0 amide bonds. The van der Waals surface area contributed by atoms with Gasteiger partial charge < -0.3 is 10.2 Å². The van der Waals surface area contributed by atoms with E-state index < -0.39 is 0 Å². The molecule has 84 valence electrons. The summed E-state index contributed by atoms with van der Waals surface area (Å²) in [5.41, 5.74) is 8.01. The average molecular weight is 207 g/mol. The van der Waals surface area contributed by atoms with Crippen LogP contribution in [0.3, 0.4) is 0 Å². The monoisotopic (exact) mass is 207 g/mol. The molecule has 1 aliphatic carbocycles. The summed E-state index contributed by atoms with van der Waals surface area (Å²) in [6, 6.07) is 2.32. The third-order valence-corrected chi connectivity index (χ3v) is 4.13. The standard InChI is InChI=1S/C13H21NO/c1-2-13(6-3-4-7-13)12(14)9-11-5-8-15-10-11/h5,8,10,12H,2-4,6-7,9,14H2,1H3. The molecule has 2 heteroatoms. The van der Waals surface area contributed by atoms with Crippen LogP contribution in [0, 0.1) is 5.41 Å². The number of furan rings is 1. The van der Waals surface area contributed by atoms with Crippen LogP contribution >= 0.6 is 0 Å². The van der Waals surface area contributed by atoms with E-state index in [4.69, 9.17) is 10.2 Å². The Hall–Kier alpha value is -0.760. The quantitative estimate of drug-likeness (QED) is 0.824. The summed E-state index contributed by atoms with van der Waals surface area (Å²) in [7, 11) is 0. The predicted molar refractivity (Wildman–Crippen MR) is 61.6 cm³/mol. The molecular formula is C13H21NO. The van der Waals surface area contributed by atoms with Gasteiger partial charge >= 0.3 is 0 Å². The van der Waals surface area contributed by atoms with Gasteiger partial charge in [0.2, 0.25) is 0 Å². The first-order chi connectivity index (χ1) is 7.27. The van der Waals surface area contributed by atoms with E-state index in [-0.39, 0.29) is 0 Å². The van der Waals surface area contributed by atoms with E-state index in [1.54, 1.807) is 6.26 Å². The molecule has 2 N–H and O–H groups in total. The number of rotatable bonds is 4. The van der Waals surface area contributed by atoms with Crippen LogP contribution in [0.4, 0.5) is 0 Å². The van der Waals surface area contributed by atoms with Crippen molar-refractivity contribution >= 4 is 0 Å². The van der Waals surface area contributed by atoms with Gasteiger partial charge in [-0.3, -0.25) is 0 Å². The van der Waals surface area contributed by atoms with Crippen LogP contribution in [-0.4, -0.2) is 6.04 Å². The number of hydrogen-bond donors (Lipinski definition) is 1. The molecule has 0 radical (unpaired) electrons. The number of hydrogen-bond acceptors (Lipinski definition) is 2. The van der Waals surface area contributed by atoms with Gasteiger partial charge in [-0.05, 0) is 42.7 Å². The minimum atomic E-state index is 0.294. The van der Waals surface area contributed by atoms with Crippen LogP contribution < -0.4 is 5.73 Å². The predicted octanol–water partition coefficient (Wildman–Crippen LogP) is 3.12. The van der Waals surface area contributed by atoms with Crippen molar-refractivity contribution in [2.24, 2.45) is 11.1 Å². The van der Waals surface area contributed by atoms with Crippen molar-refractivity contribution in [3.05, 3.63) is 24.2 Å². The maximum absolute atomic E-state index is 6.37. The Balaban J connectivity index is 2.02. The molecule has 1 saturated carbocycles. The normalized spacial score (nSPS) is 21.7. The first-order valence-electron chi connectivity index (χ1n) is 6.03. The van der Waals surface area contributed by atoms with Crippen molar-refractivity contribution in [1.82, 2.24) is 0 Å². The highest BCUT2D eigenvalue weighted by atomic mass is 16.3. The Labute approximate surface area is 91.8 Å². The minimum absolute atomic E-state index is 0.294. The van der Waals surface area contributed by atoms with Gasteiger partial charge in [0.05, 0.1) is 12.5 Å². The van der Waals surface area contributed by atoms with E-state index in [1.807, 2.05) is 12.3 Å². The summed E-state index contributed by atoms with van der Waals surface area (Å²) in [5.74, 6) is 0. The van der Waals surface area contributed by atoms with Gasteiger partial charge in [-0.1, -0.05) is 19.8 Å². The van der Waals surface area contributed by atoms with Crippen LogP contribution in [-0.2, 0) is 6.42 Å². The van der Waals surface area contributed by atoms with E-state index in [0.29, 0.717) is 11.5 Å². The van der Waals surface area contributed by atoms with Gasteiger partial charge in [0.25, 0.3) is 0 Å². The molecule has 1 heterocycles. The molecule has 1 fully saturated rings. The van der Waals surface area contributed by atoms with Gasteiger partial charge in [-0.2, -0.15) is 0 Å². The van der Waals surface area contributed by atoms with E-state index in [1.165, 1.54) is 37.7 Å². The molecule has 1 aromatic heterocycles. The van der Waals surface area contributed by atoms with Gasteiger partial charge in [0.1, 0.15) is 0 Å². The third kappa shape index (κ3) is 2.10. The Morgan fingerprint density at radius 1 is 1.47 bits per heavy atom. The highest BCUT2D eigenvalue weighted by Crippen LogP contribution is 2.43. The molecule has 1 aromatic rings. The molecule has 0 aromatic carbocycles. The maximum atomic E-state index is 6.37. The van der Waals surface area contributed by atoms with Crippen LogP contribution in [0.1, 0.15) is 44.6 Å². The first kappa shape index (κ1) is 10.7. The summed E-state index contributed by atoms with van der Waals surface area (Å²) in [5, 5.41) is 0. The molecule has 15 heavy (non-hydrogen) atoms. The molecule has 0 aliphatic heterocycles. The lowest BCUT2D eigenvalue weighted by Gasteiger charge is -2.34. The van der Waals surface area contributed by atoms with E-state index >= 15 is 0 Å². The summed E-state index contributed by atoms with van der Waals surface area (Å²) in [6.45, 7) is 2.28. The van der Waals surface area contributed by atoms with Crippen molar-refractivity contribution in [3.63, 3.8) is 0 Å². The second-order valence-corrected chi connectivity index (χ2v) is 4.87. The topological polar surface area (TPSA) is 39.2 Å². The average Bonchev–Trinajstić information content (AvgIpc) is 2.87. The minimum Gasteiger partial charge on any atom is -0.472 e. The first-order valence-corrected chi connectivity index (χ1v) is 6.03. The molecule has 1 atom stereocenters. The zero-order chi connectivity index (χ0) is 10.7. The van der Waals surface area contributed by atoms with Gasteiger partial charge in [0, 0.05) is 6.04 Å². The molecule has 0 bridgehead atoms.